The van der Waals surface area contributed by atoms with Crippen LogP contribution >= 0.6 is 11.3 Å². The summed E-state index contributed by atoms with van der Waals surface area (Å²) in [6, 6.07) is 10.2. The van der Waals surface area contributed by atoms with Crippen LogP contribution in [0.4, 0.5) is 5.82 Å². The molecule has 2 fully saturated rings. The number of anilines is 1. The van der Waals surface area contributed by atoms with Gasteiger partial charge in [0.15, 0.2) is 5.82 Å². The SMILES string of the molecule is CCc1nc2ccccc2n1-c1nc(N2CCOCC2)c2sc(CN3CCNCC3=O)cc2n1. The minimum Gasteiger partial charge on any atom is -0.378 e. The molecule has 9 nitrogen and oxygen atoms in total. The van der Waals surface area contributed by atoms with Gasteiger partial charge in [-0.1, -0.05) is 19.1 Å². The topological polar surface area (TPSA) is 88.4 Å². The highest BCUT2D eigenvalue weighted by Crippen LogP contribution is 2.34. The maximum absolute atomic E-state index is 12.3. The summed E-state index contributed by atoms with van der Waals surface area (Å²) in [6.07, 6.45) is 0.781. The average Bonchev–Trinajstić information content (AvgIpc) is 3.46. The Bertz CT molecular complexity index is 1360. The first-order valence-electron chi connectivity index (χ1n) is 11.8. The molecule has 2 aliphatic heterocycles. The number of carbonyl (C=O) groups is 1. The van der Waals surface area contributed by atoms with Gasteiger partial charge in [0.05, 0.1) is 47.6 Å². The highest BCUT2D eigenvalue weighted by atomic mass is 32.1. The Morgan fingerprint density at radius 1 is 1.09 bits per heavy atom. The van der Waals surface area contributed by atoms with E-state index in [-0.39, 0.29) is 5.91 Å². The minimum absolute atomic E-state index is 0.140. The zero-order valence-electron chi connectivity index (χ0n) is 19.2. The number of para-hydroxylation sites is 2. The number of nitrogens with zero attached hydrogens (tertiary/aromatic N) is 6. The summed E-state index contributed by atoms with van der Waals surface area (Å²) in [5, 5.41) is 3.14. The quantitative estimate of drug-likeness (QED) is 0.472. The molecule has 0 atom stereocenters. The van der Waals surface area contributed by atoms with Crippen LogP contribution in [0, 0.1) is 0 Å². The van der Waals surface area contributed by atoms with Crippen molar-refractivity contribution in [3.8, 4) is 5.95 Å². The molecule has 3 aromatic heterocycles. The molecule has 2 saturated heterocycles. The molecule has 5 heterocycles. The van der Waals surface area contributed by atoms with Gasteiger partial charge in [-0.25, -0.2) is 9.97 Å². The number of imidazole rings is 1. The van der Waals surface area contributed by atoms with Crippen LogP contribution in [0.15, 0.2) is 30.3 Å². The second kappa shape index (κ2) is 8.94. The van der Waals surface area contributed by atoms with Crippen molar-refractivity contribution in [1.82, 2.24) is 29.7 Å². The van der Waals surface area contributed by atoms with E-state index in [9.17, 15) is 4.79 Å². The van der Waals surface area contributed by atoms with Crippen molar-refractivity contribution in [1.29, 1.82) is 0 Å². The number of amides is 1. The van der Waals surface area contributed by atoms with E-state index in [0.29, 0.717) is 32.3 Å². The second-order valence-electron chi connectivity index (χ2n) is 8.57. The lowest BCUT2D eigenvalue weighted by Gasteiger charge is -2.28. The number of thiophene rings is 1. The predicted octanol–water partition coefficient (Wildman–Crippen LogP) is 2.36. The molecule has 0 aliphatic carbocycles. The first-order chi connectivity index (χ1) is 16.7. The number of carbonyl (C=O) groups excluding carboxylic acids is 1. The van der Waals surface area contributed by atoms with Crippen LogP contribution in [-0.4, -0.2) is 76.3 Å². The molecule has 1 amide bonds. The molecule has 1 N–H and O–H groups in total. The number of ether oxygens (including phenoxy) is 1. The van der Waals surface area contributed by atoms with Crippen LogP contribution in [0.5, 0.6) is 0 Å². The van der Waals surface area contributed by atoms with Gasteiger partial charge in [0.1, 0.15) is 5.82 Å². The molecular weight excluding hydrogens is 450 g/mol. The van der Waals surface area contributed by atoms with E-state index in [0.717, 1.165) is 70.4 Å². The number of aryl methyl sites for hydroxylation is 1. The first kappa shape index (κ1) is 21.5. The van der Waals surface area contributed by atoms with E-state index in [1.54, 1.807) is 11.3 Å². The van der Waals surface area contributed by atoms with Gasteiger partial charge >= 0.3 is 0 Å². The number of hydrogen-bond acceptors (Lipinski definition) is 8. The minimum atomic E-state index is 0.140. The van der Waals surface area contributed by atoms with Crippen molar-refractivity contribution in [2.75, 3.05) is 50.8 Å². The molecule has 0 radical (unpaired) electrons. The lowest BCUT2D eigenvalue weighted by molar-refractivity contribution is -0.132. The maximum Gasteiger partial charge on any atom is 0.238 e. The van der Waals surface area contributed by atoms with Crippen molar-refractivity contribution in [3.05, 3.63) is 41.0 Å². The van der Waals surface area contributed by atoms with E-state index < -0.39 is 0 Å². The smallest absolute Gasteiger partial charge is 0.238 e. The monoisotopic (exact) mass is 477 g/mol. The molecule has 176 valence electrons. The average molecular weight is 478 g/mol. The van der Waals surface area contributed by atoms with Gasteiger partial charge in [-0.05, 0) is 18.2 Å². The van der Waals surface area contributed by atoms with Gasteiger partial charge < -0.3 is 19.9 Å². The number of benzene rings is 1. The Hall–Kier alpha value is -3.08. The van der Waals surface area contributed by atoms with Crippen LogP contribution in [0.2, 0.25) is 0 Å². The Morgan fingerprint density at radius 3 is 2.76 bits per heavy atom. The summed E-state index contributed by atoms with van der Waals surface area (Å²) in [6.45, 7) is 7.61. The third kappa shape index (κ3) is 3.81. The second-order valence-corrected chi connectivity index (χ2v) is 9.71. The van der Waals surface area contributed by atoms with Crippen LogP contribution in [-0.2, 0) is 22.5 Å². The van der Waals surface area contributed by atoms with Crippen LogP contribution in [0.25, 0.3) is 27.2 Å². The Kier molecular flexibility index (Phi) is 5.64. The predicted molar refractivity (Wildman–Crippen MR) is 133 cm³/mol. The number of nitrogens with one attached hydrogen (secondary N) is 1. The van der Waals surface area contributed by atoms with E-state index >= 15 is 0 Å². The van der Waals surface area contributed by atoms with Gasteiger partial charge in [-0.2, -0.15) is 4.98 Å². The van der Waals surface area contributed by atoms with Gasteiger partial charge in [-0.15, -0.1) is 11.3 Å². The van der Waals surface area contributed by atoms with Crippen molar-refractivity contribution >= 4 is 44.3 Å². The summed E-state index contributed by atoms with van der Waals surface area (Å²) in [5.41, 5.74) is 2.86. The third-order valence-corrected chi connectivity index (χ3v) is 7.49. The van der Waals surface area contributed by atoms with E-state index in [1.165, 1.54) is 0 Å². The Balaban J connectivity index is 1.49. The number of piperazine rings is 1. The van der Waals surface area contributed by atoms with Crippen LogP contribution < -0.4 is 10.2 Å². The fraction of sp³-hybridized carbons (Fsp3) is 0.417. The first-order valence-corrected chi connectivity index (χ1v) is 12.6. The van der Waals surface area contributed by atoms with Crippen LogP contribution in [0.1, 0.15) is 17.6 Å². The molecule has 0 spiro atoms. The van der Waals surface area contributed by atoms with Gasteiger partial charge in [0, 0.05) is 37.5 Å². The number of fused-ring (bicyclic) bond motifs is 2. The van der Waals surface area contributed by atoms with Gasteiger partial charge in [-0.3, -0.25) is 9.36 Å². The Morgan fingerprint density at radius 2 is 1.94 bits per heavy atom. The molecular formula is C24H27N7O2S. The van der Waals surface area contributed by atoms with Crippen molar-refractivity contribution < 1.29 is 9.53 Å². The summed E-state index contributed by atoms with van der Waals surface area (Å²) in [7, 11) is 0. The molecule has 0 unspecified atom stereocenters. The molecule has 10 heteroatoms. The zero-order valence-corrected chi connectivity index (χ0v) is 20.0. The zero-order chi connectivity index (χ0) is 23.1. The highest BCUT2D eigenvalue weighted by Gasteiger charge is 2.24. The standard InChI is InChI=1S/C24H27N7O2S/c1-2-20-26-17-5-3-4-6-19(17)31(20)24-27-18-13-16(15-30-8-7-25-14-21(30)32)34-22(18)23(28-24)29-9-11-33-12-10-29/h3-6,13,25H,2,7-12,14-15H2,1H3. The summed E-state index contributed by atoms with van der Waals surface area (Å²) >= 11 is 1.69. The lowest BCUT2D eigenvalue weighted by Crippen LogP contribution is -2.47. The maximum atomic E-state index is 12.3. The van der Waals surface area contributed by atoms with E-state index in [4.69, 9.17) is 19.7 Å². The van der Waals surface area contributed by atoms with Gasteiger partial charge in [0.2, 0.25) is 11.9 Å². The fourth-order valence-corrected chi connectivity index (χ4v) is 5.79. The van der Waals surface area contributed by atoms with Crippen molar-refractivity contribution in [2.45, 2.75) is 19.9 Å². The number of hydrogen-bond donors (Lipinski definition) is 1. The van der Waals surface area contributed by atoms with Crippen molar-refractivity contribution in [3.63, 3.8) is 0 Å². The van der Waals surface area contributed by atoms with E-state index in [2.05, 4.69) is 33.8 Å². The van der Waals surface area contributed by atoms with Crippen molar-refractivity contribution in [2.24, 2.45) is 0 Å². The number of aromatic nitrogens is 4. The molecule has 4 aromatic rings. The third-order valence-electron chi connectivity index (χ3n) is 6.38. The van der Waals surface area contributed by atoms with Crippen LogP contribution in [0.3, 0.4) is 0 Å². The van der Waals surface area contributed by atoms with E-state index in [1.807, 2.05) is 23.1 Å². The molecule has 2 aliphatic rings. The molecule has 1 aromatic carbocycles. The Labute approximate surface area is 201 Å². The molecule has 34 heavy (non-hydrogen) atoms. The summed E-state index contributed by atoms with van der Waals surface area (Å²) in [5.74, 6) is 2.66. The normalized spacial score (nSPS) is 17.3. The van der Waals surface area contributed by atoms with Gasteiger partial charge in [0.25, 0.3) is 0 Å². The molecule has 6 rings (SSSR count). The largest absolute Gasteiger partial charge is 0.378 e. The number of rotatable bonds is 5. The molecule has 0 bridgehead atoms. The fourth-order valence-electron chi connectivity index (χ4n) is 4.66. The summed E-state index contributed by atoms with van der Waals surface area (Å²) in [4.78, 5) is 32.6. The highest BCUT2D eigenvalue weighted by molar-refractivity contribution is 7.19. The summed E-state index contributed by atoms with van der Waals surface area (Å²) < 4.78 is 8.74. The molecule has 0 saturated carbocycles. The lowest BCUT2D eigenvalue weighted by atomic mass is 10.3. The number of morpholine rings is 1.